The Bertz CT molecular complexity index is 1020. The number of halogens is 3. The van der Waals surface area contributed by atoms with Crippen LogP contribution in [0, 0.1) is 0 Å². The van der Waals surface area contributed by atoms with Gasteiger partial charge in [-0.3, -0.25) is 9.78 Å². The van der Waals surface area contributed by atoms with Crippen LogP contribution in [-0.2, 0) is 6.18 Å². The van der Waals surface area contributed by atoms with Crippen LogP contribution < -0.4 is 10.2 Å². The molecule has 0 atom stereocenters. The molecule has 31 heavy (non-hydrogen) atoms. The number of alkyl halides is 3. The summed E-state index contributed by atoms with van der Waals surface area (Å²) in [7, 11) is 0. The summed E-state index contributed by atoms with van der Waals surface area (Å²) in [4.78, 5) is 23.7. The van der Waals surface area contributed by atoms with Gasteiger partial charge >= 0.3 is 6.18 Å². The van der Waals surface area contributed by atoms with E-state index in [1.165, 1.54) is 0 Å². The number of amides is 1. The summed E-state index contributed by atoms with van der Waals surface area (Å²) in [5, 5.41) is 11.4. The van der Waals surface area contributed by atoms with Crippen molar-refractivity contribution in [1.82, 2.24) is 25.1 Å². The molecule has 0 unspecified atom stereocenters. The number of nitrogens with zero attached hydrogens (tertiary/aromatic N) is 6. The van der Waals surface area contributed by atoms with E-state index in [1.54, 1.807) is 17.2 Å². The minimum Gasteiger partial charge on any atom is -0.352 e. The fraction of sp³-hybridized carbons (Fsp3) is 0.250. The lowest BCUT2D eigenvalue weighted by molar-refractivity contribution is -0.141. The predicted molar refractivity (Wildman–Crippen MR) is 107 cm³/mol. The molecule has 4 heterocycles. The molecule has 1 saturated heterocycles. The number of nitrogens with one attached hydrogen (secondary N) is 1. The summed E-state index contributed by atoms with van der Waals surface area (Å²) in [5.41, 5.74) is -0.889. The van der Waals surface area contributed by atoms with Gasteiger partial charge in [0.2, 0.25) is 0 Å². The quantitative estimate of drug-likeness (QED) is 0.682. The second kappa shape index (κ2) is 8.54. The SMILES string of the molecule is O=C(c1ccc(C(F)(F)F)nc1)N1CCN(c2ccc(Nc3ccccn3)nn2)CC1. The van der Waals surface area contributed by atoms with Crippen LogP contribution in [0.5, 0.6) is 0 Å². The monoisotopic (exact) mass is 429 g/mol. The Morgan fingerprint density at radius 3 is 2.29 bits per heavy atom. The second-order valence-electron chi connectivity index (χ2n) is 6.83. The smallest absolute Gasteiger partial charge is 0.352 e. The molecule has 3 aromatic rings. The zero-order valence-electron chi connectivity index (χ0n) is 16.3. The minimum atomic E-state index is -4.53. The van der Waals surface area contributed by atoms with Crippen LogP contribution in [0.25, 0.3) is 0 Å². The largest absolute Gasteiger partial charge is 0.433 e. The zero-order chi connectivity index (χ0) is 21.8. The van der Waals surface area contributed by atoms with Crippen LogP contribution in [0.4, 0.5) is 30.6 Å². The fourth-order valence-corrected chi connectivity index (χ4v) is 3.14. The van der Waals surface area contributed by atoms with Gasteiger partial charge in [-0.2, -0.15) is 13.2 Å². The van der Waals surface area contributed by atoms with Crippen LogP contribution >= 0.6 is 0 Å². The van der Waals surface area contributed by atoms with Crippen molar-refractivity contribution in [2.45, 2.75) is 6.18 Å². The van der Waals surface area contributed by atoms with Gasteiger partial charge < -0.3 is 15.1 Å². The molecule has 160 valence electrons. The molecule has 0 bridgehead atoms. The number of hydrogen-bond donors (Lipinski definition) is 1. The molecule has 0 saturated carbocycles. The number of rotatable bonds is 4. The Labute approximate surface area is 175 Å². The predicted octanol–water partition coefficient (Wildman–Crippen LogP) is 2.99. The summed E-state index contributed by atoms with van der Waals surface area (Å²) in [6, 6.07) is 11.1. The van der Waals surface area contributed by atoms with Gasteiger partial charge in [0.15, 0.2) is 11.6 Å². The topological polar surface area (TPSA) is 87.1 Å². The van der Waals surface area contributed by atoms with Crippen molar-refractivity contribution in [3.05, 3.63) is 66.1 Å². The Hall–Kier alpha value is -3.76. The standard InChI is InChI=1S/C20H18F3N7O/c21-20(22,23)15-5-4-14(13-25-15)19(31)30-11-9-29(10-12-30)18-7-6-17(27-28-18)26-16-3-1-2-8-24-16/h1-8,13H,9-12H2,(H,24,26,27). The van der Waals surface area contributed by atoms with Gasteiger partial charge in [0.1, 0.15) is 11.5 Å². The second-order valence-corrected chi connectivity index (χ2v) is 6.83. The first kappa shape index (κ1) is 20.5. The maximum atomic E-state index is 12.6. The lowest BCUT2D eigenvalue weighted by Crippen LogP contribution is -2.49. The van der Waals surface area contributed by atoms with Crippen molar-refractivity contribution in [1.29, 1.82) is 0 Å². The summed E-state index contributed by atoms with van der Waals surface area (Å²) in [6.45, 7) is 1.88. The molecule has 0 aliphatic carbocycles. The molecule has 0 radical (unpaired) electrons. The van der Waals surface area contributed by atoms with E-state index in [1.807, 2.05) is 29.2 Å². The van der Waals surface area contributed by atoms with E-state index >= 15 is 0 Å². The molecule has 3 aromatic heterocycles. The minimum absolute atomic E-state index is 0.131. The lowest BCUT2D eigenvalue weighted by Gasteiger charge is -2.35. The molecule has 1 aliphatic heterocycles. The third-order valence-electron chi connectivity index (χ3n) is 4.76. The molecule has 0 spiro atoms. The molecule has 1 fully saturated rings. The first-order valence-corrected chi connectivity index (χ1v) is 9.49. The van der Waals surface area contributed by atoms with E-state index in [0.29, 0.717) is 43.6 Å². The maximum Gasteiger partial charge on any atom is 0.433 e. The van der Waals surface area contributed by atoms with Crippen LogP contribution in [0.1, 0.15) is 16.1 Å². The van der Waals surface area contributed by atoms with Crippen LogP contribution in [0.15, 0.2) is 54.9 Å². The Balaban J connectivity index is 1.33. The van der Waals surface area contributed by atoms with Crippen molar-refractivity contribution in [2.24, 2.45) is 0 Å². The normalized spacial score (nSPS) is 14.4. The molecular weight excluding hydrogens is 411 g/mol. The maximum absolute atomic E-state index is 12.6. The first-order valence-electron chi connectivity index (χ1n) is 9.49. The van der Waals surface area contributed by atoms with E-state index in [4.69, 9.17) is 0 Å². The number of hydrogen-bond acceptors (Lipinski definition) is 7. The van der Waals surface area contributed by atoms with Crippen molar-refractivity contribution in [3.63, 3.8) is 0 Å². The van der Waals surface area contributed by atoms with Gasteiger partial charge in [0, 0.05) is 38.6 Å². The van der Waals surface area contributed by atoms with E-state index < -0.39 is 11.9 Å². The third-order valence-corrected chi connectivity index (χ3v) is 4.76. The van der Waals surface area contributed by atoms with Gasteiger partial charge in [0.25, 0.3) is 5.91 Å². The Kier molecular flexibility index (Phi) is 5.65. The van der Waals surface area contributed by atoms with E-state index in [0.717, 1.165) is 18.3 Å². The number of aromatic nitrogens is 4. The van der Waals surface area contributed by atoms with Gasteiger partial charge in [0.05, 0.1) is 5.56 Å². The van der Waals surface area contributed by atoms with Gasteiger partial charge in [-0.05, 0) is 36.4 Å². The van der Waals surface area contributed by atoms with Gasteiger partial charge in [-0.1, -0.05) is 6.07 Å². The van der Waals surface area contributed by atoms with Crippen LogP contribution in [-0.4, -0.2) is 57.2 Å². The zero-order valence-corrected chi connectivity index (χ0v) is 16.3. The average molecular weight is 429 g/mol. The third kappa shape index (κ3) is 4.87. The van der Waals surface area contributed by atoms with Crippen LogP contribution in [0.3, 0.4) is 0 Å². The molecular formula is C20H18F3N7O. The fourth-order valence-electron chi connectivity index (χ4n) is 3.14. The highest BCUT2D eigenvalue weighted by Gasteiger charge is 2.32. The Morgan fingerprint density at radius 1 is 0.903 bits per heavy atom. The Morgan fingerprint density at radius 2 is 1.71 bits per heavy atom. The van der Waals surface area contributed by atoms with Crippen molar-refractivity contribution in [2.75, 3.05) is 36.4 Å². The summed E-state index contributed by atoms with van der Waals surface area (Å²) < 4.78 is 37.9. The summed E-state index contributed by atoms with van der Waals surface area (Å²) in [6.07, 6.45) is -1.89. The van der Waals surface area contributed by atoms with Crippen molar-refractivity contribution in [3.8, 4) is 0 Å². The molecule has 4 rings (SSSR count). The number of carbonyl (C=O) groups is 1. The highest BCUT2D eigenvalue weighted by atomic mass is 19.4. The molecule has 1 aliphatic rings. The van der Waals surface area contributed by atoms with Gasteiger partial charge in [-0.25, -0.2) is 4.98 Å². The number of pyridine rings is 2. The summed E-state index contributed by atoms with van der Waals surface area (Å²) in [5.74, 6) is 1.55. The van der Waals surface area contributed by atoms with Crippen molar-refractivity contribution < 1.29 is 18.0 Å². The number of piperazine rings is 1. The molecule has 1 amide bonds. The molecule has 8 nitrogen and oxygen atoms in total. The number of carbonyl (C=O) groups excluding carboxylic acids is 1. The number of anilines is 3. The average Bonchev–Trinajstić information content (AvgIpc) is 2.79. The van der Waals surface area contributed by atoms with Crippen molar-refractivity contribution >= 4 is 23.4 Å². The van der Waals surface area contributed by atoms with E-state index in [2.05, 4.69) is 25.5 Å². The summed E-state index contributed by atoms with van der Waals surface area (Å²) >= 11 is 0. The molecule has 1 N–H and O–H groups in total. The van der Waals surface area contributed by atoms with Crippen LogP contribution in [0.2, 0.25) is 0 Å². The highest BCUT2D eigenvalue weighted by Crippen LogP contribution is 2.27. The molecule has 0 aromatic carbocycles. The van der Waals surface area contributed by atoms with E-state index in [-0.39, 0.29) is 11.5 Å². The molecule has 11 heteroatoms. The highest BCUT2D eigenvalue weighted by molar-refractivity contribution is 5.94. The van der Waals surface area contributed by atoms with E-state index in [9.17, 15) is 18.0 Å². The lowest BCUT2D eigenvalue weighted by atomic mass is 10.2. The van der Waals surface area contributed by atoms with Gasteiger partial charge in [-0.15, -0.1) is 10.2 Å². The first-order chi connectivity index (χ1) is 14.9.